The number of ether oxygens (including phenoxy) is 2. The van der Waals surface area contributed by atoms with Crippen LogP contribution in [0.15, 0.2) is 48.5 Å². The van der Waals surface area contributed by atoms with Crippen LogP contribution in [0, 0.1) is 18.3 Å². The third kappa shape index (κ3) is 2.64. The highest BCUT2D eigenvalue weighted by atomic mass is 16.7. The van der Waals surface area contributed by atoms with Gasteiger partial charge in [-0.05, 0) is 30.7 Å². The second kappa shape index (κ2) is 5.84. The molecule has 2 heterocycles. The Labute approximate surface area is 145 Å². The second-order valence-corrected chi connectivity index (χ2v) is 5.93. The number of nitrogen functional groups attached to an aromatic ring is 1. The van der Waals surface area contributed by atoms with Crippen molar-refractivity contribution in [2.45, 2.75) is 6.92 Å². The van der Waals surface area contributed by atoms with Crippen LogP contribution in [0.1, 0.15) is 11.1 Å². The number of rotatable bonds is 2. The molecule has 25 heavy (non-hydrogen) atoms. The van der Waals surface area contributed by atoms with Crippen molar-refractivity contribution in [3.63, 3.8) is 0 Å². The minimum atomic E-state index is 0.212. The van der Waals surface area contributed by atoms with E-state index < -0.39 is 0 Å². The molecule has 122 valence electrons. The number of nitriles is 1. The van der Waals surface area contributed by atoms with Crippen molar-refractivity contribution in [2.75, 3.05) is 12.5 Å². The van der Waals surface area contributed by atoms with E-state index in [0.29, 0.717) is 22.9 Å². The van der Waals surface area contributed by atoms with Gasteiger partial charge in [0.15, 0.2) is 11.5 Å². The van der Waals surface area contributed by atoms with Gasteiger partial charge in [-0.1, -0.05) is 35.9 Å². The van der Waals surface area contributed by atoms with E-state index in [-0.39, 0.29) is 6.79 Å². The summed E-state index contributed by atoms with van der Waals surface area (Å²) in [7, 11) is 0. The number of aromatic amines is 1. The summed E-state index contributed by atoms with van der Waals surface area (Å²) in [6.07, 6.45) is 0. The number of anilines is 1. The summed E-state index contributed by atoms with van der Waals surface area (Å²) in [5.41, 5.74) is 11.2. The average molecular weight is 330 g/mol. The van der Waals surface area contributed by atoms with Crippen molar-refractivity contribution in [3.8, 4) is 40.0 Å². The number of H-pyrrole nitrogens is 1. The molecule has 0 aliphatic carbocycles. The molecule has 1 aliphatic rings. The number of aromatic nitrogens is 1. The van der Waals surface area contributed by atoms with Gasteiger partial charge in [0.1, 0.15) is 17.3 Å². The first-order valence-electron chi connectivity index (χ1n) is 7.88. The van der Waals surface area contributed by atoms with Gasteiger partial charge in [-0.2, -0.15) is 5.26 Å². The fourth-order valence-electron chi connectivity index (χ4n) is 2.91. The highest BCUT2D eigenvalue weighted by molar-refractivity contribution is 5.79. The molecule has 0 spiro atoms. The lowest BCUT2D eigenvalue weighted by molar-refractivity contribution is -0.346. The fraction of sp³-hybridized carbons (Fsp3) is 0.100. The van der Waals surface area contributed by atoms with Crippen molar-refractivity contribution in [2.24, 2.45) is 0 Å². The first-order chi connectivity index (χ1) is 12.2. The van der Waals surface area contributed by atoms with Crippen molar-refractivity contribution in [1.29, 1.82) is 5.26 Å². The van der Waals surface area contributed by atoms with E-state index in [9.17, 15) is 5.26 Å². The van der Waals surface area contributed by atoms with E-state index in [4.69, 9.17) is 15.2 Å². The molecule has 2 aromatic carbocycles. The molecule has 0 saturated carbocycles. The minimum absolute atomic E-state index is 0.212. The van der Waals surface area contributed by atoms with Gasteiger partial charge in [-0.25, -0.2) is 4.98 Å². The van der Waals surface area contributed by atoms with E-state index in [1.165, 1.54) is 5.56 Å². The van der Waals surface area contributed by atoms with Crippen molar-refractivity contribution in [3.05, 3.63) is 59.7 Å². The van der Waals surface area contributed by atoms with Gasteiger partial charge >= 0.3 is 0 Å². The predicted molar refractivity (Wildman–Crippen MR) is 93.9 cm³/mol. The van der Waals surface area contributed by atoms with Crippen LogP contribution in [0.25, 0.3) is 22.4 Å². The summed E-state index contributed by atoms with van der Waals surface area (Å²) in [4.78, 5) is 3.12. The van der Waals surface area contributed by atoms with Crippen LogP contribution in [-0.4, -0.2) is 6.79 Å². The van der Waals surface area contributed by atoms with Crippen molar-refractivity contribution < 1.29 is 14.5 Å². The highest BCUT2D eigenvalue weighted by Crippen LogP contribution is 2.38. The van der Waals surface area contributed by atoms with Gasteiger partial charge in [0.05, 0.1) is 0 Å². The Bertz CT molecular complexity index is 1000. The zero-order valence-electron chi connectivity index (χ0n) is 13.7. The molecule has 5 nitrogen and oxygen atoms in total. The molecule has 0 amide bonds. The Hall–Kier alpha value is -3.52. The summed E-state index contributed by atoms with van der Waals surface area (Å²) in [6.45, 7) is 2.25. The number of nitrogens with two attached hydrogens (primary N) is 1. The Kier molecular flexibility index (Phi) is 3.51. The number of aryl methyl sites for hydroxylation is 1. The second-order valence-electron chi connectivity index (χ2n) is 5.93. The Morgan fingerprint density at radius 3 is 2.48 bits per heavy atom. The number of pyridine rings is 1. The van der Waals surface area contributed by atoms with Crippen LogP contribution in [0.4, 0.5) is 5.82 Å². The first kappa shape index (κ1) is 15.0. The zero-order valence-corrected chi connectivity index (χ0v) is 13.7. The summed E-state index contributed by atoms with van der Waals surface area (Å²) in [6, 6.07) is 17.9. The van der Waals surface area contributed by atoms with Crippen LogP contribution in [-0.2, 0) is 0 Å². The molecule has 1 aliphatic heterocycles. The van der Waals surface area contributed by atoms with Crippen LogP contribution >= 0.6 is 0 Å². The predicted octanol–water partition coefficient (Wildman–Crippen LogP) is 3.33. The maximum atomic E-state index is 9.55. The Balaban J connectivity index is 1.89. The van der Waals surface area contributed by atoms with E-state index in [1.807, 2.05) is 55.5 Å². The minimum Gasteiger partial charge on any atom is -0.454 e. The van der Waals surface area contributed by atoms with Gasteiger partial charge in [-0.3, -0.25) is 5.73 Å². The van der Waals surface area contributed by atoms with Crippen LogP contribution in [0.5, 0.6) is 11.5 Å². The van der Waals surface area contributed by atoms with Gasteiger partial charge in [0.25, 0.3) is 5.82 Å². The molecule has 0 saturated heterocycles. The third-order valence-electron chi connectivity index (χ3n) is 4.25. The quantitative estimate of drug-likeness (QED) is 0.781. The van der Waals surface area contributed by atoms with Gasteiger partial charge in [-0.15, -0.1) is 0 Å². The maximum absolute atomic E-state index is 9.55. The average Bonchev–Trinajstić information content (AvgIpc) is 3.09. The molecule has 3 N–H and O–H groups in total. The molecular weight excluding hydrogens is 314 g/mol. The zero-order chi connectivity index (χ0) is 17.4. The monoisotopic (exact) mass is 330 g/mol. The highest BCUT2D eigenvalue weighted by Gasteiger charge is 2.20. The van der Waals surface area contributed by atoms with Gasteiger partial charge in [0, 0.05) is 11.1 Å². The molecular formula is C20H16N3O2+. The molecule has 4 rings (SSSR count). The van der Waals surface area contributed by atoms with Crippen LogP contribution in [0.3, 0.4) is 0 Å². The van der Waals surface area contributed by atoms with Gasteiger partial charge < -0.3 is 9.47 Å². The topological polar surface area (TPSA) is 82.4 Å². The van der Waals surface area contributed by atoms with E-state index in [1.54, 1.807) is 0 Å². The number of hydrogen-bond donors (Lipinski definition) is 1. The normalized spacial score (nSPS) is 12.0. The number of hydrogen-bond acceptors (Lipinski definition) is 4. The standard InChI is InChI=1S/C20H15N3O2/c1-12-2-4-13(5-3-12)17-9-15(16(10-21)20(22)23-17)14-6-7-18-19(8-14)25-11-24-18/h2-9H,11H2,1H3,(H2,22,23)/p+1. The van der Waals surface area contributed by atoms with Crippen molar-refractivity contribution in [1.82, 2.24) is 0 Å². The third-order valence-corrected chi connectivity index (χ3v) is 4.25. The van der Waals surface area contributed by atoms with E-state index in [2.05, 4.69) is 11.1 Å². The van der Waals surface area contributed by atoms with Crippen molar-refractivity contribution >= 4 is 5.82 Å². The molecule has 0 atom stereocenters. The molecule has 1 aromatic heterocycles. The molecule has 0 unspecified atom stereocenters. The Morgan fingerprint density at radius 1 is 1.00 bits per heavy atom. The molecule has 5 heteroatoms. The number of benzene rings is 2. The number of nitrogens with zero attached hydrogens (tertiary/aromatic N) is 1. The molecule has 0 fully saturated rings. The maximum Gasteiger partial charge on any atom is 0.289 e. The summed E-state index contributed by atoms with van der Waals surface area (Å²) in [5.74, 6) is 1.72. The van der Waals surface area contributed by atoms with Gasteiger partial charge in [0.2, 0.25) is 6.79 Å². The Morgan fingerprint density at radius 2 is 1.72 bits per heavy atom. The lowest BCUT2D eigenvalue weighted by Crippen LogP contribution is -2.16. The molecule has 0 bridgehead atoms. The van der Waals surface area contributed by atoms with Crippen LogP contribution in [0.2, 0.25) is 0 Å². The molecule has 3 aromatic rings. The van der Waals surface area contributed by atoms with E-state index >= 15 is 0 Å². The number of fused-ring (bicyclic) bond motifs is 1. The fourth-order valence-corrected chi connectivity index (χ4v) is 2.91. The SMILES string of the molecule is Cc1ccc(-c2cc(-c3ccc4c(c3)OCO4)c(C#N)c(N)[nH+]2)cc1. The summed E-state index contributed by atoms with van der Waals surface area (Å²) >= 11 is 0. The number of nitrogens with one attached hydrogen (secondary N) is 1. The summed E-state index contributed by atoms with van der Waals surface area (Å²) in [5, 5.41) is 9.55. The first-order valence-corrected chi connectivity index (χ1v) is 7.88. The van der Waals surface area contributed by atoms with Crippen LogP contribution < -0.4 is 20.2 Å². The lowest BCUT2D eigenvalue weighted by atomic mass is 9.98. The lowest BCUT2D eigenvalue weighted by Gasteiger charge is -2.08. The largest absolute Gasteiger partial charge is 0.454 e. The summed E-state index contributed by atoms with van der Waals surface area (Å²) < 4.78 is 10.8. The molecule has 0 radical (unpaired) electrons. The van der Waals surface area contributed by atoms with E-state index in [0.717, 1.165) is 22.4 Å². The smallest absolute Gasteiger partial charge is 0.289 e.